The third-order valence-corrected chi connectivity index (χ3v) is 4.49. The SMILES string of the molecule is COc1ccc(C(=O)CCC(=O)NC(Cc2ccc(F)c(C(F)(F)F)c2)B(O)O)cc1. The van der Waals surface area contributed by atoms with Crippen molar-refractivity contribution in [1.82, 2.24) is 5.32 Å². The molecular weight excluding hydrogens is 421 g/mol. The lowest BCUT2D eigenvalue weighted by Gasteiger charge is -2.19. The molecule has 0 saturated carbocycles. The summed E-state index contributed by atoms with van der Waals surface area (Å²) in [5.74, 6) is -3.28. The van der Waals surface area contributed by atoms with E-state index in [2.05, 4.69) is 5.32 Å². The lowest BCUT2D eigenvalue weighted by molar-refractivity contribution is -0.140. The summed E-state index contributed by atoms with van der Waals surface area (Å²) in [4.78, 5) is 24.3. The highest BCUT2D eigenvalue weighted by Gasteiger charge is 2.35. The Bertz CT molecular complexity index is 919. The van der Waals surface area contributed by atoms with Gasteiger partial charge in [0.1, 0.15) is 11.6 Å². The average molecular weight is 441 g/mol. The largest absolute Gasteiger partial charge is 0.497 e. The number of ether oxygens (including phenoxy) is 1. The van der Waals surface area contributed by atoms with Crippen molar-refractivity contribution in [3.05, 3.63) is 65.0 Å². The van der Waals surface area contributed by atoms with Gasteiger partial charge in [-0.3, -0.25) is 9.59 Å². The number of hydrogen-bond donors (Lipinski definition) is 3. The van der Waals surface area contributed by atoms with Gasteiger partial charge in [0.2, 0.25) is 5.91 Å². The third-order valence-electron chi connectivity index (χ3n) is 4.49. The molecule has 1 amide bonds. The van der Waals surface area contributed by atoms with Crippen molar-refractivity contribution in [2.75, 3.05) is 7.11 Å². The molecule has 0 fully saturated rings. The van der Waals surface area contributed by atoms with Crippen molar-refractivity contribution in [1.29, 1.82) is 0 Å². The first-order valence-electron chi connectivity index (χ1n) is 9.19. The smallest absolute Gasteiger partial charge is 0.475 e. The number of ketones is 1. The number of carbonyl (C=O) groups excluding carboxylic acids is 2. The monoisotopic (exact) mass is 441 g/mol. The van der Waals surface area contributed by atoms with Gasteiger partial charge in [0.15, 0.2) is 5.78 Å². The normalized spacial score (nSPS) is 12.2. The highest BCUT2D eigenvalue weighted by atomic mass is 19.4. The Kier molecular flexibility index (Phi) is 8.17. The predicted octanol–water partition coefficient (Wildman–Crippen LogP) is 2.56. The van der Waals surface area contributed by atoms with Crippen LogP contribution in [0.5, 0.6) is 5.75 Å². The van der Waals surface area contributed by atoms with Crippen LogP contribution in [0, 0.1) is 5.82 Å². The predicted molar refractivity (Wildman–Crippen MR) is 104 cm³/mol. The zero-order chi connectivity index (χ0) is 23.2. The molecule has 0 aromatic heterocycles. The summed E-state index contributed by atoms with van der Waals surface area (Å²) in [6.07, 6.45) is -5.75. The Morgan fingerprint density at radius 3 is 2.29 bits per heavy atom. The second-order valence-corrected chi connectivity index (χ2v) is 6.76. The molecule has 11 heteroatoms. The van der Waals surface area contributed by atoms with Crippen molar-refractivity contribution in [3.8, 4) is 5.75 Å². The number of amides is 1. The fraction of sp³-hybridized carbons (Fsp3) is 0.300. The molecule has 1 unspecified atom stereocenters. The number of benzene rings is 2. The molecule has 3 N–H and O–H groups in total. The molecule has 2 aromatic carbocycles. The van der Waals surface area contributed by atoms with Crippen LogP contribution < -0.4 is 10.1 Å². The molecule has 31 heavy (non-hydrogen) atoms. The molecule has 2 aromatic rings. The Labute approximate surface area is 176 Å². The van der Waals surface area contributed by atoms with E-state index in [9.17, 15) is 37.2 Å². The second-order valence-electron chi connectivity index (χ2n) is 6.76. The Balaban J connectivity index is 1.98. The van der Waals surface area contributed by atoms with Crippen LogP contribution in [0.1, 0.15) is 34.3 Å². The molecule has 6 nitrogen and oxygen atoms in total. The maximum atomic E-state index is 13.4. The maximum absolute atomic E-state index is 13.4. The van der Waals surface area contributed by atoms with Crippen molar-refractivity contribution < 1.29 is 41.9 Å². The summed E-state index contributed by atoms with van der Waals surface area (Å²) < 4.78 is 56.9. The van der Waals surface area contributed by atoms with E-state index in [1.807, 2.05) is 0 Å². The van der Waals surface area contributed by atoms with Crippen molar-refractivity contribution in [2.24, 2.45) is 0 Å². The summed E-state index contributed by atoms with van der Waals surface area (Å²) in [5.41, 5.74) is -1.19. The van der Waals surface area contributed by atoms with E-state index >= 15 is 0 Å². The number of methoxy groups -OCH3 is 1. The summed E-state index contributed by atoms with van der Waals surface area (Å²) >= 11 is 0. The van der Waals surface area contributed by atoms with Crippen molar-refractivity contribution in [2.45, 2.75) is 31.4 Å². The van der Waals surface area contributed by atoms with Gasteiger partial charge in [-0.2, -0.15) is 13.2 Å². The van der Waals surface area contributed by atoms with E-state index in [0.717, 1.165) is 6.07 Å². The molecule has 0 saturated heterocycles. The lowest BCUT2D eigenvalue weighted by atomic mass is 9.75. The number of alkyl halides is 3. The first kappa shape index (κ1) is 24.4. The van der Waals surface area contributed by atoms with Crippen LogP contribution in [0.4, 0.5) is 17.6 Å². The van der Waals surface area contributed by atoms with Gasteiger partial charge < -0.3 is 20.1 Å². The zero-order valence-corrected chi connectivity index (χ0v) is 16.4. The highest BCUT2D eigenvalue weighted by Crippen LogP contribution is 2.32. The van der Waals surface area contributed by atoms with Crippen molar-refractivity contribution in [3.63, 3.8) is 0 Å². The van der Waals surface area contributed by atoms with E-state index in [4.69, 9.17) is 4.74 Å². The van der Waals surface area contributed by atoms with Crippen LogP contribution in [0.3, 0.4) is 0 Å². The van der Waals surface area contributed by atoms with E-state index in [1.54, 1.807) is 12.1 Å². The van der Waals surface area contributed by atoms with Gasteiger partial charge in [0, 0.05) is 18.4 Å². The minimum Gasteiger partial charge on any atom is -0.497 e. The number of hydrogen-bond acceptors (Lipinski definition) is 5. The molecule has 2 rings (SSSR count). The quantitative estimate of drug-likeness (QED) is 0.316. The molecule has 0 radical (unpaired) electrons. The highest BCUT2D eigenvalue weighted by molar-refractivity contribution is 6.43. The Morgan fingerprint density at radius 2 is 1.74 bits per heavy atom. The Morgan fingerprint density at radius 1 is 1.10 bits per heavy atom. The summed E-state index contributed by atoms with van der Waals surface area (Å²) in [5, 5.41) is 21.2. The molecule has 0 heterocycles. The molecular formula is C20H20BF4NO5. The lowest BCUT2D eigenvalue weighted by Crippen LogP contribution is -2.48. The fourth-order valence-corrected chi connectivity index (χ4v) is 2.83. The molecule has 0 bridgehead atoms. The van der Waals surface area contributed by atoms with Gasteiger partial charge in [0.05, 0.1) is 18.6 Å². The number of Topliss-reactive ketones (excluding diaryl/α,β-unsaturated/α-hetero) is 1. The third kappa shape index (κ3) is 7.07. The van der Waals surface area contributed by atoms with Crippen molar-refractivity contribution >= 4 is 18.8 Å². The van der Waals surface area contributed by atoms with Crippen LogP contribution in [-0.2, 0) is 17.4 Å². The van der Waals surface area contributed by atoms with Crippen LogP contribution >= 0.6 is 0 Å². The number of rotatable bonds is 9. The second kappa shape index (κ2) is 10.4. The van der Waals surface area contributed by atoms with E-state index < -0.39 is 36.5 Å². The molecule has 0 aliphatic heterocycles. The fourth-order valence-electron chi connectivity index (χ4n) is 2.83. The first-order valence-corrected chi connectivity index (χ1v) is 9.19. The van der Waals surface area contributed by atoms with E-state index in [-0.39, 0.29) is 30.6 Å². The molecule has 0 aliphatic rings. The molecule has 1 atom stereocenters. The van der Waals surface area contributed by atoms with Crippen LogP contribution in [0.2, 0.25) is 0 Å². The minimum absolute atomic E-state index is 0.0542. The first-order chi connectivity index (χ1) is 14.5. The number of halogens is 4. The molecule has 166 valence electrons. The standard InChI is InChI=1S/C20H20BF4NO5/c1-31-14-5-3-13(4-6-14)17(27)8-9-19(28)26-18(21(29)30)11-12-2-7-16(22)15(10-12)20(23,24)25/h2-7,10,18,29-30H,8-9,11H2,1H3,(H,26,28). The number of carbonyl (C=O) groups is 2. The van der Waals surface area contributed by atoms with Gasteiger partial charge in [-0.15, -0.1) is 0 Å². The van der Waals surface area contributed by atoms with Gasteiger partial charge in [-0.1, -0.05) is 6.07 Å². The van der Waals surface area contributed by atoms with Gasteiger partial charge >= 0.3 is 13.3 Å². The summed E-state index contributed by atoms with van der Waals surface area (Å²) in [7, 11) is -0.608. The van der Waals surface area contributed by atoms with Crippen LogP contribution in [-0.4, -0.2) is 41.9 Å². The van der Waals surface area contributed by atoms with E-state index in [1.165, 1.54) is 19.2 Å². The van der Waals surface area contributed by atoms with Gasteiger partial charge in [-0.25, -0.2) is 4.39 Å². The molecule has 0 spiro atoms. The van der Waals surface area contributed by atoms with Gasteiger partial charge in [-0.05, 0) is 48.4 Å². The van der Waals surface area contributed by atoms with E-state index in [0.29, 0.717) is 23.4 Å². The maximum Gasteiger partial charge on any atom is 0.475 e. The molecule has 0 aliphatic carbocycles. The van der Waals surface area contributed by atoms with Gasteiger partial charge in [0.25, 0.3) is 0 Å². The summed E-state index contributed by atoms with van der Waals surface area (Å²) in [6.45, 7) is 0. The number of nitrogens with one attached hydrogen (secondary N) is 1. The average Bonchev–Trinajstić information content (AvgIpc) is 2.72. The zero-order valence-electron chi connectivity index (χ0n) is 16.4. The van der Waals surface area contributed by atoms with Crippen LogP contribution in [0.15, 0.2) is 42.5 Å². The Hall–Kier alpha value is -2.92. The van der Waals surface area contributed by atoms with Crippen LogP contribution in [0.25, 0.3) is 0 Å². The minimum atomic E-state index is -4.92. The topological polar surface area (TPSA) is 95.9 Å². The summed E-state index contributed by atoms with van der Waals surface area (Å²) in [6, 6.07) is 8.46.